The maximum Gasteiger partial charge on any atom is 0.275 e. The van der Waals surface area contributed by atoms with Crippen LogP contribution in [-0.4, -0.2) is 21.7 Å². The highest BCUT2D eigenvalue weighted by atomic mass is 16.3. The van der Waals surface area contributed by atoms with Gasteiger partial charge in [-0.1, -0.05) is 30.3 Å². The fraction of sp³-hybridized carbons (Fsp3) is 0.0556. The summed E-state index contributed by atoms with van der Waals surface area (Å²) < 4.78 is 0. The Morgan fingerprint density at radius 1 is 1.13 bits per heavy atom. The fourth-order valence-corrected chi connectivity index (χ4v) is 2.25. The maximum atomic E-state index is 12.3. The number of hydrogen-bond acceptors (Lipinski definition) is 4. The molecule has 0 bridgehead atoms. The Morgan fingerprint density at radius 3 is 2.57 bits per heavy atom. The SMILES string of the molecule is CC(=NNC(=O)c1cc2ccccc2cc1O)c1cccnc1. The largest absolute Gasteiger partial charge is 0.507 e. The number of phenolic OH excluding ortho intramolecular Hbond substituents is 1. The monoisotopic (exact) mass is 305 g/mol. The van der Waals surface area contributed by atoms with Crippen molar-refractivity contribution in [2.24, 2.45) is 5.10 Å². The molecule has 1 amide bonds. The van der Waals surface area contributed by atoms with Crippen LogP contribution in [0.5, 0.6) is 5.75 Å². The summed E-state index contributed by atoms with van der Waals surface area (Å²) in [5.41, 5.74) is 4.10. The topological polar surface area (TPSA) is 74.6 Å². The Morgan fingerprint density at radius 2 is 1.87 bits per heavy atom. The number of aromatic hydroxyl groups is 1. The first-order valence-electron chi connectivity index (χ1n) is 7.12. The van der Waals surface area contributed by atoms with E-state index in [-0.39, 0.29) is 11.3 Å². The molecular weight excluding hydrogens is 290 g/mol. The molecule has 0 atom stereocenters. The molecule has 5 nitrogen and oxygen atoms in total. The van der Waals surface area contributed by atoms with Gasteiger partial charge in [-0.25, -0.2) is 5.43 Å². The van der Waals surface area contributed by atoms with Gasteiger partial charge in [0, 0.05) is 18.0 Å². The normalized spacial score (nSPS) is 11.4. The molecular formula is C18H15N3O2. The second kappa shape index (κ2) is 6.27. The van der Waals surface area contributed by atoms with Gasteiger partial charge in [-0.15, -0.1) is 0 Å². The number of carbonyl (C=O) groups is 1. The van der Waals surface area contributed by atoms with E-state index in [2.05, 4.69) is 15.5 Å². The molecule has 3 rings (SSSR count). The van der Waals surface area contributed by atoms with Crippen molar-refractivity contribution in [3.63, 3.8) is 0 Å². The lowest BCUT2D eigenvalue weighted by atomic mass is 10.1. The maximum absolute atomic E-state index is 12.3. The van der Waals surface area contributed by atoms with E-state index in [4.69, 9.17) is 0 Å². The Hall–Kier alpha value is -3.21. The van der Waals surface area contributed by atoms with Crippen LogP contribution < -0.4 is 5.43 Å². The number of nitrogens with zero attached hydrogens (tertiary/aromatic N) is 2. The van der Waals surface area contributed by atoms with E-state index < -0.39 is 5.91 Å². The quantitative estimate of drug-likeness (QED) is 0.577. The molecule has 0 unspecified atom stereocenters. The van der Waals surface area contributed by atoms with Crippen LogP contribution in [-0.2, 0) is 0 Å². The van der Waals surface area contributed by atoms with Gasteiger partial charge >= 0.3 is 0 Å². The van der Waals surface area contributed by atoms with Crippen molar-refractivity contribution in [1.82, 2.24) is 10.4 Å². The minimum absolute atomic E-state index is 0.0737. The predicted octanol–water partition coefficient (Wildman–Crippen LogP) is 3.09. The van der Waals surface area contributed by atoms with Gasteiger partial charge in [-0.2, -0.15) is 5.10 Å². The molecule has 0 fully saturated rings. The molecule has 2 N–H and O–H groups in total. The van der Waals surface area contributed by atoms with Crippen LogP contribution in [0, 0.1) is 0 Å². The van der Waals surface area contributed by atoms with Gasteiger partial charge in [-0.3, -0.25) is 9.78 Å². The first-order chi connectivity index (χ1) is 11.1. The van der Waals surface area contributed by atoms with Gasteiger partial charge in [0.25, 0.3) is 5.91 Å². The van der Waals surface area contributed by atoms with Crippen molar-refractivity contribution in [3.05, 3.63) is 72.1 Å². The van der Waals surface area contributed by atoms with Crippen LogP contribution in [0.25, 0.3) is 10.8 Å². The van der Waals surface area contributed by atoms with E-state index in [0.29, 0.717) is 5.71 Å². The second-order valence-corrected chi connectivity index (χ2v) is 5.10. The highest BCUT2D eigenvalue weighted by molar-refractivity contribution is 6.03. The minimum atomic E-state index is -0.462. The van der Waals surface area contributed by atoms with E-state index in [1.54, 1.807) is 37.5 Å². The summed E-state index contributed by atoms with van der Waals surface area (Å²) in [5.74, 6) is -0.535. The molecule has 5 heteroatoms. The van der Waals surface area contributed by atoms with Crippen molar-refractivity contribution >= 4 is 22.4 Å². The average Bonchev–Trinajstić information content (AvgIpc) is 2.59. The number of rotatable bonds is 3. The number of amides is 1. The van der Waals surface area contributed by atoms with Crippen LogP contribution in [0.15, 0.2) is 66.0 Å². The van der Waals surface area contributed by atoms with E-state index in [1.807, 2.05) is 30.3 Å². The number of phenols is 1. The first kappa shape index (κ1) is 14.7. The third-order valence-electron chi connectivity index (χ3n) is 3.51. The zero-order chi connectivity index (χ0) is 16.2. The number of aromatic nitrogens is 1. The minimum Gasteiger partial charge on any atom is -0.507 e. The summed E-state index contributed by atoms with van der Waals surface area (Å²) in [4.78, 5) is 16.3. The van der Waals surface area contributed by atoms with Crippen molar-refractivity contribution in [3.8, 4) is 5.75 Å². The van der Waals surface area contributed by atoms with Crippen LogP contribution in [0.1, 0.15) is 22.8 Å². The van der Waals surface area contributed by atoms with E-state index in [1.165, 1.54) is 0 Å². The van der Waals surface area contributed by atoms with Gasteiger partial charge in [0.05, 0.1) is 11.3 Å². The summed E-state index contributed by atoms with van der Waals surface area (Å²) in [7, 11) is 0. The van der Waals surface area contributed by atoms with E-state index in [9.17, 15) is 9.90 Å². The third-order valence-corrected chi connectivity index (χ3v) is 3.51. The van der Waals surface area contributed by atoms with Crippen LogP contribution in [0.3, 0.4) is 0 Å². The average molecular weight is 305 g/mol. The number of hydrogen-bond donors (Lipinski definition) is 2. The molecule has 23 heavy (non-hydrogen) atoms. The lowest BCUT2D eigenvalue weighted by Crippen LogP contribution is -2.19. The van der Waals surface area contributed by atoms with Gasteiger partial charge in [0.1, 0.15) is 5.75 Å². The fourth-order valence-electron chi connectivity index (χ4n) is 2.25. The summed E-state index contributed by atoms with van der Waals surface area (Å²) in [6.45, 7) is 1.78. The summed E-state index contributed by atoms with van der Waals surface area (Å²) in [6.07, 6.45) is 3.33. The van der Waals surface area contributed by atoms with Crippen LogP contribution >= 0.6 is 0 Å². The lowest BCUT2D eigenvalue weighted by Gasteiger charge is -2.06. The molecule has 0 aliphatic rings. The zero-order valence-corrected chi connectivity index (χ0v) is 12.5. The molecule has 0 spiro atoms. The number of benzene rings is 2. The van der Waals surface area contributed by atoms with Crippen LogP contribution in [0.4, 0.5) is 0 Å². The van der Waals surface area contributed by atoms with Gasteiger partial charge < -0.3 is 5.11 Å². The van der Waals surface area contributed by atoms with Gasteiger partial charge in [-0.05, 0) is 35.9 Å². The Kier molecular flexibility index (Phi) is 4.01. The summed E-state index contributed by atoms with van der Waals surface area (Å²) in [6, 6.07) is 14.4. The zero-order valence-electron chi connectivity index (χ0n) is 12.5. The molecule has 1 heterocycles. The highest BCUT2D eigenvalue weighted by Gasteiger charge is 2.12. The molecule has 0 aliphatic carbocycles. The number of nitrogens with one attached hydrogen (secondary N) is 1. The van der Waals surface area contributed by atoms with Crippen molar-refractivity contribution in [1.29, 1.82) is 0 Å². The molecule has 0 saturated carbocycles. The Bertz CT molecular complexity index is 889. The molecule has 114 valence electrons. The molecule has 0 aliphatic heterocycles. The molecule has 0 radical (unpaired) electrons. The standard InChI is InChI=1S/C18H15N3O2/c1-12(15-7-4-8-19-11-15)20-21-18(23)16-9-13-5-2-3-6-14(13)10-17(16)22/h2-11,22H,1H3,(H,21,23). The third kappa shape index (κ3) is 3.18. The Labute approximate surface area is 133 Å². The lowest BCUT2D eigenvalue weighted by molar-refractivity contribution is 0.0952. The molecule has 0 saturated heterocycles. The van der Waals surface area contributed by atoms with Gasteiger partial charge in [0.2, 0.25) is 0 Å². The van der Waals surface area contributed by atoms with Crippen molar-refractivity contribution in [2.45, 2.75) is 6.92 Å². The number of fused-ring (bicyclic) bond motifs is 1. The highest BCUT2D eigenvalue weighted by Crippen LogP contribution is 2.24. The molecule has 3 aromatic rings. The number of hydrazone groups is 1. The molecule has 1 aromatic heterocycles. The van der Waals surface area contributed by atoms with Gasteiger partial charge in [0.15, 0.2) is 0 Å². The van der Waals surface area contributed by atoms with E-state index >= 15 is 0 Å². The number of pyridine rings is 1. The summed E-state index contributed by atoms with van der Waals surface area (Å²) in [5, 5.41) is 15.8. The number of carbonyl (C=O) groups excluding carboxylic acids is 1. The predicted molar refractivity (Wildman–Crippen MR) is 89.5 cm³/mol. The smallest absolute Gasteiger partial charge is 0.275 e. The van der Waals surface area contributed by atoms with E-state index in [0.717, 1.165) is 16.3 Å². The first-order valence-corrected chi connectivity index (χ1v) is 7.12. The second-order valence-electron chi connectivity index (χ2n) is 5.10. The summed E-state index contributed by atoms with van der Waals surface area (Å²) >= 11 is 0. The van der Waals surface area contributed by atoms with Crippen molar-refractivity contribution in [2.75, 3.05) is 0 Å². The van der Waals surface area contributed by atoms with Crippen LogP contribution in [0.2, 0.25) is 0 Å². The Balaban J connectivity index is 1.85. The molecule has 2 aromatic carbocycles. The van der Waals surface area contributed by atoms with Crippen molar-refractivity contribution < 1.29 is 9.90 Å².